The molecule has 0 spiro atoms. The second kappa shape index (κ2) is 13.9. The summed E-state index contributed by atoms with van der Waals surface area (Å²) in [5.41, 5.74) is 11.2. The number of aliphatic hydroxyl groups is 3. The maximum Gasteiger partial charge on any atom is 0.481 e. The van der Waals surface area contributed by atoms with Gasteiger partial charge in [-0.25, -0.2) is 24.1 Å². The second-order valence-corrected chi connectivity index (χ2v) is 14.5. The lowest BCUT2D eigenvalue weighted by Crippen LogP contribution is -2.41. The molecule has 3 aliphatic heterocycles. The van der Waals surface area contributed by atoms with Gasteiger partial charge in [0.2, 0.25) is 5.91 Å². The van der Waals surface area contributed by atoms with Crippen molar-refractivity contribution in [3.63, 3.8) is 0 Å². The molecule has 5 heterocycles. The van der Waals surface area contributed by atoms with Crippen LogP contribution in [0.25, 0.3) is 11.2 Å². The van der Waals surface area contributed by atoms with Gasteiger partial charge in [0.25, 0.3) is 7.82 Å². The Morgan fingerprint density at radius 1 is 1.02 bits per heavy atom. The van der Waals surface area contributed by atoms with Gasteiger partial charge in [0.15, 0.2) is 23.9 Å². The summed E-state index contributed by atoms with van der Waals surface area (Å²) >= 11 is 0. The highest BCUT2D eigenvalue weighted by Crippen LogP contribution is 2.62. The van der Waals surface area contributed by atoms with Crippen LogP contribution in [0.4, 0.5) is 5.82 Å². The molecule has 3 aliphatic rings. The van der Waals surface area contributed by atoms with Crippen molar-refractivity contribution in [1.82, 2.24) is 24.4 Å². The number of primary amides is 1. The van der Waals surface area contributed by atoms with E-state index >= 15 is 0 Å². The van der Waals surface area contributed by atoms with Gasteiger partial charge in [0.05, 0.1) is 19.5 Å². The molecule has 0 radical (unpaired) electrons. The summed E-state index contributed by atoms with van der Waals surface area (Å²) in [6.07, 6.45) is -7.32. The van der Waals surface area contributed by atoms with Crippen LogP contribution in [0.1, 0.15) is 12.6 Å². The third kappa shape index (κ3) is 8.01. The number of allylic oxidation sites excluding steroid dienone is 1. The first kappa shape index (κ1) is 36.5. The Kier molecular flexibility index (Phi) is 10.6. The molecule has 0 aliphatic carbocycles. The summed E-state index contributed by atoms with van der Waals surface area (Å²) in [5.74, 6) is -0.839. The number of anilines is 1. The van der Waals surface area contributed by atoms with Crippen LogP contribution in [0.15, 0.2) is 36.7 Å². The number of carbonyl (C=O) groups excluding carboxylic acids is 1. The lowest BCUT2D eigenvalue weighted by Gasteiger charge is -2.29. The van der Waals surface area contributed by atoms with E-state index in [9.17, 15) is 53.4 Å². The van der Waals surface area contributed by atoms with E-state index < -0.39 is 91.7 Å². The van der Waals surface area contributed by atoms with E-state index in [-0.39, 0.29) is 29.0 Å². The number of rotatable bonds is 13. The molecule has 11 atom stereocenters. The number of nitrogen functional groups attached to an aromatic ring is 1. The molecule has 266 valence electrons. The van der Waals surface area contributed by atoms with Crippen LogP contribution in [0.2, 0.25) is 0 Å². The van der Waals surface area contributed by atoms with E-state index in [2.05, 4.69) is 23.8 Å². The Balaban J connectivity index is 1.26. The van der Waals surface area contributed by atoms with Crippen molar-refractivity contribution in [1.29, 1.82) is 0 Å². The van der Waals surface area contributed by atoms with Gasteiger partial charge in [-0.15, -0.1) is 0 Å². The highest BCUT2D eigenvalue weighted by atomic mass is 31.3. The molecule has 11 unspecified atom stereocenters. The van der Waals surface area contributed by atoms with E-state index in [4.69, 9.17) is 30.0 Å². The summed E-state index contributed by atoms with van der Waals surface area (Å²) < 4.78 is 67.6. The number of phosphoric acid groups is 3. The van der Waals surface area contributed by atoms with Gasteiger partial charge in [-0.2, -0.15) is 4.31 Å². The first-order valence-electron chi connectivity index (χ1n) is 13.5. The van der Waals surface area contributed by atoms with Gasteiger partial charge < -0.3 is 65.3 Å². The fraction of sp³-hybridized carbons (Fsp3) is 0.524. The topological polar surface area (TPSA) is 367 Å². The number of aromatic nitrogens is 4. The Bertz CT molecular complexity index is 1740. The number of ether oxygens (including phenoxy) is 2. The summed E-state index contributed by atoms with van der Waals surface area (Å²) in [6.45, 7) is -1.98. The summed E-state index contributed by atoms with van der Waals surface area (Å²) in [4.78, 5) is 65.8. The van der Waals surface area contributed by atoms with E-state index in [1.54, 1.807) is 0 Å². The minimum atomic E-state index is -5.64. The first-order chi connectivity index (χ1) is 22.4. The molecule has 2 aromatic rings. The molecule has 2 fully saturated rings. The highest BCUT2D eigenvalue weighted by Gasteiger charge is 2.52. The number of amides is 1. The van der Waals surface area contributed by atoms with Crippen LogP contribution in [0.3, 0.4) is 0 Å². The van der Waals surface area contributed by atoms with Crippen molar-refractivity contribution in [2.75, 3.05) is 18.9 Å². The molecule has 5 rings (SSSR count). The van der Waals surface area contributed by atoms with Crippen LogP contribution in [0.5, 0.6) is 0 Å². The average Bonchev–Trinajstić information content (AvgIpc) is 3.65. The molecule has 0 bridgehead atoms. The number of carbonyl (C=O) groups is 1. The number of nitrogens with zero attached hydrogens (tertiary/aromatic N) is 5. The van der Waals surface area contributed by atoms with Crippen LogP contribution in [-0.2, 0) is 45.8 Å². The van der Waals surface area contributed by atoms with Crippen molar-refractivity contribution < 1.29 is 80.7 Å². The number of hydrogen-bond donors (Lipinski definition) is 8. The largest absolute Gasteiger partial charge is 0.756 e. The van der Waals surface area contributed by atoms with Gasteiger partial charge in [0.1, 0.15) is 48.5 Å². The summed E-state index contributed by atoms with van der Waals surface area (Å²) in [7, 11) is -16.8. The van der Waals surface area contributed by atoms with Crippen molar-refractivity contribution in [2.45, 2.75) is 55.5 Å². The Labute approximate surface area is 268 Å². The number of aliphatic hydroxyl groups excluding tert-OH is 3. The Hall–Kier alpha value is -2.73. The maximum atomic E-state index is 12.8. The van der Waals surface area contributed by atoms with Crippen molar-refractivity contribution in [3.05, 3.63) is 36.7 Å². The zero-order valence-corrected chi connectivity index (χ0v) is 26.7. The van der Waals surface area contributed by atoms with Crippen LogP contribution in [0, 0.1) is 0 Å². The number of hydrogen-bond acceptors (Lipinski definition) is 19. The monoisotopic (exact) mass is 744 g/mol. The average molecular weight is 744 g/mol. The lowest BCUT2D eigenvalue weighted by molar-refractivity contribution is -0.229. The first-order valence-corrected chi connectivity index (χ1v) is 18.0. The molecule has 10 N–H and O–H groups in total. The fourth-order valence-corrected chi connectivity index (χ4v) is 7.87. The van der Waals surface area contributed by atoms with Gasteiger partial charge in [-0.05, 0) is 6.42 Å². The Morgan fingerprint density at radius 3 is 2.40 bits per heavy atom. The van der Waals surface area contributed by atoms with Gasteiger partial charge in [-0.1, -0.05) is 6.08 Å². The molecule has 27 heteroatoms. The molecular formula is C21H29N7O17P3-. The maximum absolute atomic E-state index is 12.8. The van der Waals surface area contributed by atoms with E-state index in [1.807, 2.05) is 0 Å². The van der Waals surface area contributed by atoms with Gasteiger partial charge in [0, 0.05) is 18.0 Å². The highest BCUT2D eigenvalue weighted by molar-refractivity contribution is 7.61. The molecule has 2 aromatic heterocycles. The van der Waals surface area contributed by atoms with Crippen LogP contribution in [-0.4, -0.2) is 116 Å². The van der Waals surface area contributed by atoms with Crippen molar-refractivity contribution in [2.24, 2.45) is 5.73 Å². The Morgan fingerprint density at radius 2 is 1.73 bits per heavy atom. The zero-order chi connectivity index (χ0) is 35.2. The van der Waals surface area contributed by atoms with Crippen molar-refractivity contribution in [3.8, 4) is 0 Å². The quantitative estimate of drug-likeness (QED) is 0.0936. The molecule has 0 aromatic carbocycles. The molecule has 24 nitrogen and oxygen atoms in total. The number of nitrogens with two attached hydrogens (primary N) is 2. The predicted octanol–water partition coefficient (Wildman–Crippen LogP) is -3.20. The number of phosphoric ester groups is 3. The smallest absolute Gasteiger partial charge is 0.481 e. The van der Waals surface area contributed by atoms with Crippen LogP contribution >= 0.6 is 23.5 Å². The fourth-order valence-electron chi connectivity index (χ4n) is 5.04. The van der Waals surface area contributed by atoms with Gasteiger partial charge in [-0.3, -0.25) is 23.0 Å². The molecule has 1 amide bonds. The summed E-state index contributed by atoms with van der Waals surface area (Å²) in [5, 5.41) is 31.3. The standard InChI is InChI=1S/C21H30N7O17P3/c22-17-12-19(25-7-24-17)28(8-26-12)21-16(43-46(33,34)35)13(30)11(42-21)6-40-47(36,37)45-48(38,39)44-15-10(5-29)41-20(14(15)31)27-3-1-2-9(4-27)18(23)32/h1,3-4,7-8,10-11,13-16,20-21,29-31H,2,5-6H2,(H2,23,32)(H,36,37)(H,38,39)(H2,22,24,25)(H2,33,34,35)/p-1. The lowest BCUT2D eigenvalue weighted by atomic mass is 10.1. The predicted molar refractivity (Wildman–Crippen MR) is 151 cm³/mol. The van der Waals surface area contributed by atoms with Gasteiger partial charge >= 0.3 is 15.6 Å². The van der Waals surface area contributed by atoms with Crippen molar-refractivity contribution >= 4 is 46.4 Å². The minimum absolute atomic E-state index is 0.0230. The van der Waals surface area contributed by atoms with E-state index in [0.29, 0.717) is 0 Å². The minimum Gasteiger partial charge on any atom is -0.756 e. The van der Waals surface area contributed by atoms with Crippen LogP contribution < -0.4 is 16.4 Å². The third-order valence-electron chi connectivity index (χ3n) is 7.11. The molecule has 48 heavy (non-hydrogen) atoms. The van der Waals surface area contributed by atoms with E-state index in [0.717, 1.165) is 17.2 Å². The summed E-state index contributed by atoms with van der Waals surface area (Å²) in [6, 6.07) is 0. The number of fused-ring (bicyclic) bond motifs is 1. The molecular weight excluding hydrogens is 715 g/mol. The third-order valence-corrected chi connectivity index (χ3v) is 10.3. The number of imidazole rings is 1. The SMILES string of the molecule is NC(=O)C1=CN(C2OC(CO)C(OP(=O)(O)OP(=O)(O)OCC3OC(n4cnc5c(N)ncnc54)C(OP(=O)([O-])O)C3O)C2O)C=CC1. The zero-order valence-electron chi connectivity index (χ0n) is 24.0. The normalized spacial score (nSPS) is 32.9. The molecule has 0 saturated carbocycles. The molecule has 2 saturated heterocycles. The van der Waals surface area contributed by atoms with E-state index in [1.165, 1.54) is 23.4 Å². The second-order valence-electron chi connectivity index (χ2n) is 10.4.